The molecule has 1 saturated carbocycles. The van der Waals surface area contributed by atoms with Crippen molar-refractivity contribution in [2.24, 2.45) is 5.92 Å². The van der Waals surface area contributed by atoms with E-state index < -0.39 is 0 Å². The molecule has 158 valence electrons. The number of hydrogen-bond donors (Lipinski definition) is 1. The van der Waals surface area contributed by atoms with E-state index >= 15 is 0 Å². The molecule has 1 aliphatic heterocycles. The first-order chi connectivity index (χ1) is 14.6. The van der Waals surface area contributed by atoms with Crippen LogP contribution in [-0.4, -0.2) is 18.4 Å². The molecule has 0 atom stereocenters. The molecule has 1 aliphatic carbocycles. The van der Waals surface area contributed by atoms with Crippen LogP contribution in [-0.2, 0) is 16.1 Å². The number of halogens is 1. The Kier molecular flexibility index (Phi) is 6.72. The number of rotatable bonds is 6. The van der Waals surface area contributed by atoms with E-state index in [0.717, 1.165) is 16.5 Å². The van der Waals surface area contributed by atoms with E-state index in [4.69, 9.17) is 4.74 Å². The Hall–Kier alpha value is -2.34. The first kappa shape index (κ1) is 20.9. The molecule has 0 spiro atoms. The number of nitrogens with one attached hydrogen (secondary N) is 1. The number of carbonyl (C=O) groups is 2. The zero-order valence-electron chi connectivity index (χ0n) is 17.0. The van der Waals surface area contributed by atoms with Gasteiger partial charge in [0.25, 0.3) is 5.91 Å². The van der Waals surface area contributed by atoms with E-state index in [1.807, 2.05) is 42.5 Å². The van der Waals surface area contributed by atoms with Crippen LogP contribution in [0, 0.1) is 5.92 Å². The second kappa shape index (κ2) is 9.65. The van der Waals surface area contributed by atoms with Crippen LogP contribution in [0.2, 0.25) is 0 Å². The molecule has 1 fully saturated rings. The highest BCUT2D eigenvalue weighted by Gasteiger charge is 2.26. The monoisotopic (exact) mass is 470 g/mol. The van der Waals surface area contributed by atoms with Gasteiger partial charge < -0.3 is 15.0 Å². The van der Waals surface area contributed by atoms with Crippen molar-refractivity contribution in [1.82, 2.24) is 0 Å². The Labute approximate surface area is 185 Å². The van der Waals surface area contributed by atoms with Crippen molar-refractivity contribution < 1.29 is 14.3 Å². The molecule has 0 bridgehead atoms. The lowest BCUT2D eigenvalue weighted by molar-refractivity contribution is -0.121. The summed E-state index contributed by atoms with van der Waals surface area (Å²) in [6.07, 6.45) is 7.90. The molecule has 5 nitrogen and oxygen atoms in total. The van der Waals surface area contributed by atoms with Crippen molar-refractivity contribution in [3.05, 3.63) is 52.5 Å². The Balaban J connectivity index is 1.43. The van der Waals surface area contributed by atoms with E-state index in [2.05, 4.69) is 21.2 Å². The lowest BCUT2D eigenvalue weighted by Gasteiger charge is -2.30. The van der Waals surface area contributed by atoms with Crippen molar-refractivity contribution >= 4 is 39.1 Å². The Bertz CT molecular complexity index is 907. The number of benzene rings is 2. The minimum absolute atomic E-state index is 0.0244. The van der Waals surface area contributed by atoms with Crippen molar-refractivity contribution in [3.8, 4) is 5.75 Å². The Morgan fingerprint density at radius 1 is 1.10 bits per heavy atom. The molecule has 2 amide bonds. The number of ether oxygens (including phenoxy) is 1. The second-order valence-corrected chi connectivity index (χ2v) is 9.08. The summed E-state index contributed by atoms with van der Waals surface area (Å²) >= 11 is 3.44. The summed E-state index contributed by atoms with van der Waals surface area (Å²) in [6.45, 7) is 0.484. The predicted octanol–water partition coefficient (Wildman–Crippen LogP) is 5.67. The van der Waals surface area contributed by atoms with Crippen LogP contribution in [0.15, 0.2) is 46.9 Å². The molecule has 1 N–H and O–H groups in total. The molecule has 6 heteroatoms. The summed E-state index contributed by atoms with van der Waals surface area (Å²) in [6, 6.07) is 13.4. The molecule has 0 unspecified atom stereocenters. The highest BCUT2D eigenvalue weighted by molar-refractivity contribution is 9.10. The van der Waals surface area contributed by atoms with E-state index in [9.17, 15) is 9.59 Å². The highest BCUT2D eigenvalue weighted by Crippen LogP contribution is 2.36. The number of hydrogen-bond acceptors (Lipinski definition) is 3. The van der Waals surface area contributed by atoms with E-state index in [0.29, 0.717) is 36.0 Å². The van der Waals surface area contributed by atoms with Crippen LogP contribution < -0.4 is 15.0 Å². The van der Waals surface area contributed by atoms with Crippen LogP contribution in [0.5, 0.6) is 5.75 Å². The summed E-state index contributed by atoms with van der Waals surface area (Å²) in [7, 11) is 0. The zero-order chi connectivity index (χ0) is 20.9. The third-order valence-corrected chi connectivity index (χ3v) is 6.47. The summed E-state index contributed by atoms with van der Waals surface area (Å²) in [5.74, 6) is 1.28. The fourth-order valence-corrected chi connectivity index (χ4v) is 4.52. The quantitative estimate of drug-likeness (QED) is 0.591. The van der Waals surface area contributed by atoms with Gasteiger partial charge in [-0.3, -0.25) is 9.59 Å². The van der Waals surface area contributed by atoms with Gasteiger partial charge in [-0.2, -0.15) is 0 Å². The topological polar surface area (TPSA) is 58.6 Å². The van der Waals surface area contributed by atoms with E-state index in [1.165, 1.54) is 32.1 Å². The minimum atomic E-state index is -0.0915. The molecule has 30 heavy (non-hydrogen) atoms. The molecule has 2 aromatic carbocycles. The number of anilines is 2. The van der Waals surface area contributed by atoms with Gasteiger partial charge in [-0.1, -0.05) is 60.2 Å². The number of carbonyl (C=O) groups excluding carboxylic acids is 2. The van der Waals surface area contributed by atoms with Gasteiger partial charge in [0.05, 0.1) is 12.2 Å². The first-order valence-corrected chi connectivity index (χ1v) is 11.5. The highest BCUT2D eigenvalue weighted by atomic mass is 79.9. The standard InChI is InChI=1S/C24H27BrN2O3/c25-19-9-6-18(7-10-19)15-27-21-14-20(11-12-22(21)30-16-24(27)29)26-23(28)13-8-17-4-2-1-3-5-17/h6-7,9-12,14,17H,1-5,8,13,15-16H2,(H,26,28). The molecule has 0 aromatic heterocycles. The lowest BCUT2D eigenvalue weighted by atomic mass is 9.86. The third-order valence-electron chi connectivity index (χ3n) is 5.94. The maximum atomic E-state index is 12.5. The SMILES string of the molecule is O=C(CCC1CCCCC1)Nc1ccc2c(c1)N(Cc1ccc(Br)cc1)C(=O)CO2. The maximum Gasteiger partial charge on any atom is 0.265 e. The fourth-order valence-electron chi connectivity index (χ4n) is 4.26. The smallest absolute Gasteiger partial charge is 0.265 e. The van der Waals surface area contributed by atoms with Crippen LogP contribution >= 0.6 is 15.9 Å². The summed E-state index contributed by atoms with van der Waals surface area (Å²) in [5, 5.41) is 3.00. The number of nitrogens with zero attached hydrogens (tertiary/aromatic N) is 1. The van der Waals surface area contributed by atoms with E-state index in [1.54, 1.807) is 4.90 Å². The fraction of sp³-hybridized carbons (Fsp3) is 0.417. The third kappa shape index (κ3) is 5.22. The average Bonchev–Trinajstić information content (AvgIpc) is 2.76. The second-order valence-electron chi connectivity index (χ2n) is 8.17. The molecular formula is C24H27BrN2O3. The van der Waals surface area contributed by atoms with Gasteiger partial charge >= 0.3 is 0 Å². The minimum Gasteiger partial charge on any atom is -0.482 e. The summed E-state index contributed by atoms with van der Waals surface area (Å²) in [4.78, 5) is 26.7. The van der Waals surface area contributed by atoms with Crippen LogP contribution in [0.3, 0.4) is 0 Å². The van der Waals surface area contributed by atoms with Gasteiger partial charge in [0.15, 0.2) is 6.61 Å². The van der Waals surface area contributed by atoms with E-state index in [-0.39, 0.29) is 18.4 Å². The molecule has 1 heterocycles. The molecule has 0 radical (unpaired) electrons. The molecule has 0 saturated heterocycles. The van der Waals surface area contributed by atoms with Gasteiger partial charge in [0.2, 0.25) is 5.91 Å². The van der Waals surface area contributed by atoms with Crippen LogP contribution in [0.1, 0.15) is 50.5 Å². The number of amides is 2. The van der Waals surface area contributed by atoms with Crippen molar-refractivity contribution in [3.63, 3.8) is 0 Å². The van der Waals surface area contributed by atoms with Gasteiger partial charge in [-0.15, -0.1) is 0 Å². The first-order valence-electron chi connectivity index (χ1n) is 10.7. The molecule has 2 aromatic rings. The van der Waals surface area contributed by atoms with Gasteiger partial charge in [-0.25, -0.2) is 0 Å². The van der Waals surface area contributed by atoms with Crippen molar-refractivity contribution in [2.45, 2.75) is 51.5 Å². The maximum absolute atomic E-state index is 12.5. The van der Waals surface area contributed by atoms with Crippen LogP contribution in [0.25, 0.3) is 0 Å². The average molecular weight is 471 g/mol. The molecular weight excluding hydrogens is 444 g/mol. The Morgan fingerprint density at radius 2 is 1.87 bits per heavy atom. The van der Waals surface area contributed by atoms with Crippen molar-refractivity contribution in [1.29, 1.82) is 0 Å². The zero-order valence-corrected chi connectivity index (χ0v) is 18.6. The molecule has 4 rings (SSSR count). The van der Waals surface area contributed by atoms with Gasteiger partial charge in [-0.05, 0) is 48.2 Å². The van der Waals surface area contributed by atoms with Crippen LogP contribution in [0.4, 0.5) is 11.4 Å². The number of fused-ring (bicyclic) bond motifs is 1. The molecule has 2 aliphatic rings. The predicted molar refractivity (Wildman–Crippen MR) is 122 cm³/mol. The largest absolute Gasteiger partial charge is 0.482 e. The summed E-state index contributed by atoms with van der Waals surface area (Å²) in [5.41, 5.74) is 2.42. The van der Waals surface area contributed by atoms with Gasteiger partial charge in [0.1, 0.15) is 5.75 Å². The lowest BCUT2D eigenvalue weighted by Crippen LogP contribution is -2.38. The van der Waals surface area contributed by atoms with Gasteiger partial charge in [0, 0.05) is 16.6 Å². The van der Waals surface area contributed by atoms with Crippen molar-refractivity contribution in [2.75, 3.05) is 16.8 Å². The Morgan fingerprint density at radius 3 is 2.63 bits per heavy atom. The summed E-state index contributed by atoms with van der Waals surface area (Å²) < 4.78 is 6.60. The normalized spacial score (nSPS) is 16.7.